The molecule has 0 saturated heterocycles. The molecule has 2 aromatic rings. The standard InChI is InChI=1S/C12H18N4O2S2/c1-8-7-9-10(14-5-4-6-20(3,17)18)15-12(13-2)16-11(9)19-8/h7H,4-6H2,1-3H3,(H2,13,14,15,16). The summed E-state index contributed by atoms with van der Waals surface area (Å²) >= 11 is 1.61. The molecule has 0 saturated carbocycles. The molecular weight excluding hydrogens is 296 g/mol. The average Bonchev–Trinajstić information content (AvgIpc) is 2.73. The predicted molar refractivity (Wildman–Crippen MR) is 84.5 cm³/mol. The number of aryl methyl sites for hydroxylation is 1. The van der Waals surface area contributed by atoms with Crippen molar-refractivity contribution in [3.8, 4) is 0 Å². The van der Waals surface area contributed by atoms with E-state index in [0.29, 0.717) is 18.9 Å². The van der Waals surface area contributed by atoms with E-state index in [2.05, 4.69) is 20.6 Å². The molecule has 0 aliphatic heterocycles. The molecule has 8 heteroatoms. The Labute approximate surface area is 122 Å². The summed E-state index contributed by atoms with van der Waals surface area (Å²) in [5.74, 6) is 1.48. The zero-order valence-electron chi connectivity index (χ0n) is 11.7. The zero-order valence-corrected chi connectivity index (χ0v) is 13.4. The minimum Gasteiger partial charge on any atom is -0.369 e. The Morgan fingerprint density at radius 2 is 2.10 bits per heavy atom. The zero-order chi connectivity index (χ0) is 14.8. The lowest BCUT2D eigenvalue weighted by Crippen LogP contribution is -2.11. The highest BCUT2D eigenvalue weighted by molar-refractivity contribution is 7.90. The van der Waals surface area contributed by atoms with Crippen LogP contribution in [0.5, 0.6) is 0 Å². The van der Waals surface area contributed by atoms with Crippen LogP contribution in [0.3, 0.4) is 0 Å². The summed E-state index contributed by atoms with van der Waals surface area (Å²) in [5, 5.41) is 7.11. The summed E-state index contributed by atoms with van der Waals surface area (Å²) in [6, 6.07) is 2.04. The van der Waals surface area contributed by atoms with Crippen molar-refractivity contribution in [2.24, 2.45) is 0 Å². The Morgan fingerprint density at radius 3 is 2.75 bits per heavy atom. The van der Waals surface area contributed by atoms with Gasteiger partial charge in [-0.1, -0.05) is 0 Å². The van der Waals surface area contributed by atoms with E-state index < -0.39 is 9.84 Å². The lowest BCUT2D eigenvalue weighted by atomic mass is 10.3. The van der Waals surface area contributed by atoms with E-state index in [-0.39, 0.29) is 5.75 Å². The van der Waals surface area contributed by atoms with Crippen LogP contribution in [0.25, 0.3) is 10.2 Å². The Morgan fingerprint density at radius 1 is 1.35 bits per heavy atom. The number of rotatable bonds is 6. The molecule has 0 spiro atoms. The van der Waals surface area contributed by atoms with Crippen molar-refractivity contribution in [3.05, 3.63) is 10.9 Å². The second-order valence-corrected chi connectivity index (χ2v) is 8.13. The summed E-state index contributed by atoms with van der Waals surface area (Å²) in [4.78, 5) is 10.9. The molecule has 2 rings (SSSR count). The fourth-order valence-corrected chi connectivity index (χ4v) is 3.38. The van der Waals surface area contributed by atoms with Gasteiger partial charge < -0.3 is 10.6 Å². The Bertz CT molecular complexity index is 710. The maximum atomic E-state index is 11.1. The van der Waals surface area contributed by atoms with Crippen LogP contribution >= 0.6 is 11.3 Å². The van der Waals surface area contributed by atoms with E-state index in [0.717, 1.165) is 16.0 Å². The van der Waals surface area contributed by atoms with Gasteiger partial charge in [0, 0.05) is 24.7 Å². The second-order valence-electron chi connectivity index (χ2n) is 4.63. The highest BCUT2D eigenvalue weighted by Gasteiger charge is 2.10. The van der Waals surface area contributed by atoms with Crippen LogP contribution in [0, 0.1) is 6.92 Å². The maximum absolute atomic E-state index is 11.1. The van der Waals surface area contributed by atoms with Crippen molar-refractivity contribution < 1.29 is 8.42 Å². The normalized spacial score (nSPS) is 11.8. The van der Waals surface area contributed by atoms with E-state index in [1.165, 1.54) is 11.1 Å². The van der Waals surface area contributed by atoms with Gasteiger partial charge in [-0.05, 0) is 19.4 Å². The molecule has 0 bridgehead atoms. The van der Waals surface area contributed by atoms with E-state index in [9.17, 15) is 8.42 Å². The highest BCUT2D eigenvalue weighted by Crippen LogP contribution is 2.29. The molecule has 0 aromatic carbocycles. The summed E-state index contributed by atoms with van der Waals surface area (Å²) in [5.41, 5.74) is 0. The number of hydrogen-bond donors (Lipinski definition) is 2. The molecule has 110 valence electrons. The van der Waals surface area contributed by atoms with Crippen molar-refractivity contribution in [2.45, 2.75) is 13.3 Å². The van der Waals surface area contributed by atoms with E-state index in [1.54, 1.807) is 18.4 Å². The molecular formula is C12H18N4O2S2. The Balaban J connectivity index is 2.15. The van der Waals surface area contributed by atoms with Crippen LogP contribution in [-0.2, 0) is 9.84 Å². The number of sulfone groups is 1. The number of aromatic nitrogens is 2. The number of thiophene rings is 1. The van der Waals surface area contributed by atoms with Gasteiger partial charge in [0.15, 0.2) is 0 Å². The fraction of sp³-hybridized carbons (Fsp3) is 0.500. The molecule has 0 aliphatic carbocycles. The van der Waals surface area contributed by atoms with E-state index in [4.69, 9.17) is 0 Å². The number of anilines is 2. The smallest absolute Gasteiger partial charge is 0.225 e. The van der Waals surface area contributed by atoms with Gasteiger partial charge >= 0.3 is 0 Å². The van der Waals surface area contributed by atoms with Gasteiger partial charge in [0.1, 0.15) is 20.5 Å². The van der Waals surface area contributed by atoms with Crippen LogP contribution in [0.1, 0.15) is 11.3 Å². The average molecular weight is 314 g/mol. The molecule has 2 N–H and O–H groups in total. The quantitative estimate of drug-likeness (QED) is 0.792. The first kappa shape index (κ1) is 15.0. The minimum absolute atomic E-state index is 0.176. The molecule has 0 unspecified atom stereocenters. The third kappa shape index (κ3) is 3.80. The second kappa shape index (κ2) is 5.92. The summed E-state index contributed by atoms with van der Waals surface area (Å²) in [7, 11) is -1.14. The first-order valence-electron chi connectivity index (χ1n) is 6.26. The van der Waals surface area contributed by atoms with Crippen molar-refractivity contribution in [1.82, 2.24) is 9.97 Å². The number of nitrogens with one attached hydrogen (secondary N) is 2. The molecule has 0 amide bonds. The highest BCUT2D eigenvalue weighted by atomic mass is 32.2. The van der Waals surface area contributed by atoms with Gasteiger partial charge in [-0.2, -0.15) is 4.98 Å². The molecule has 2 aromatic heterocycles. The van der Waals surface area contributed by atoms with Crippen LogP contribution in [0.15, 0.2) is 6.07 Å². The fourth-order valence-electron chi connectivity index (χ4n) is 1.83. The number of nitrogens with zero attached hydrogens (tertiary/aromatic N) is 2. The summed E-state index contributed by atoms with van der Waals surface area (Å²) in [6.07, 6.45) is 1.81. The lowest BCUT2D eigenvalue weighted by Gasteiger charge is -2.08. The summed E-state index contributed by atoms with van der Waals surface area (Å²) in [6.45, 7) is 2.59. The molecule has 2 heterocycles. The van der Waals surface area contributed by atoms with E-state index in [1.807, 2.05) is 13.0 Å². The number of hydrogen-bond acceptors (Lipinski definition) is 7. The Kier molecular flexibility index (Phi) is 4.44. The third-order valence-electron chi connectivity index (χ3n) is 2.72. The van der Waals surface area contributed by atoms with Gasteiger partial charge in [0.25, 0.3) is 0 Å². The van der Waals surface area contributed by atoms with Crippen molar-refractivity contribution >= 4 is 43.2 Å². The van der Waals surface area contributed by atoms with Gasteiger partial charge in [-0.25, -0.2) is 13.4 Å². The van der Waals surface area contributed by atoms with Gasteiger partial charge in [0.2, 0.25) is 5.95 Å². The molecule has 0 aliphatic rings. The maximum Gasteiger partial charge on any atom is 0.225 e. The van der Waals surface area contributed by atoms with Gasteiger partial charge in [-0.15, -0.1) is 11.3 Å². The number of fused-ring (bicyclic) bond motifs is 1. The first-order valence-corrected chi connectivity index (χ1v) is 9.14. The van der Waals surface area contributed by atoms with Crippen molar-refractivity contribution in [1.29, 1.82) is 0 Å². The SMILES string of the molecule is CNc1nc(NCCCS(C)(=O)=O)c2cc(C)sc2n1. The molecule has 0 radical (unpaired) electrons. The predicted octanol–water partition coefficient (Wildman–Crippen LogP) is 1.89. The topological polar surface area (TPSA) is 84.0 Å². The molecule has 20 heavy (non-hydrogen) atoms. The van der Waals surface area contributed by atoms with Crippen molar-refractivity contribution in [2.75, 3.05) is 36.2 Å². The monoisotopic (exact) mass is 314 g/mol. The molecule has 0 fully saturated rings. The summed E-state index contributed by atoms with van der Waals surface area (Å²) < 4.78 is 22.2. The lowest BCUT2D eigenvalue weighted by molar-refractivity contribution is 0.600. The van der Waals surface area contributed by atoms with E-state index >= 15 is 0 Å². The van der Waals surface area contributed by atoms with Crippen LogP contribution < -0.4 is 10.6 Å². The van der Waals surface area contributed by atoms with Crippen LogP contribution in [0.4, 0.5) is 11.8 Å². The largest absolute Gasteiger partial charge is 0.369 e. The van der Waals surface area contributed by atoms with Crippen LogP contribution in [-0.4, -0.2) is 44.0 Å². The molecule has 6 nitrogen and oxygen atoms in total. The first-order chi connectivity index (χ1) is 9.39. The Hall–Kier alpha value is -1.41. The third-order valence-corrected chi connectivity index (χ3v) is 4.70. The molecule has 0 atom stereocenters. The minimum atomic E-state index is -2.91. The van der Waals surface area contributed by atoms with Gasteiger partial charge in [-0.3, -0.25) is 0 Å². The van der Waals surface area contributed by atoms with Crippen LogP contribution in [0.2, 0.25) is 0 Å². The van der Waals surface area contributed by atoms with Crippen molar-refractivity contribution in [3.63, 3.8) is 0 Å². The van der Waals surface area contributed by atoms with Gasteiger partial charge in [0.05, 0.1) is 11.1 Å².